The van der Waals surface area contributed by atoms with Crippen LogP contribution in [0.15, 0.2) is 11.3 Å². The SMILES string of the molecule is COCO[C@H]1C[C@@H]2CC(OS(=O)(=O)C(F)(F)F)=C(C(=O)OC)[C@H]1N2C. The Morgan fingerprint density at radius 1 is 1.32 bits per heavy atom. The molecule has 2 rings (SSSR count). The van der Waals surface area contributed by atoms with Gasteiger partial charge in [-0.2, -0.15) is 21.6 Å². The molecule has 0 spiro atoms. The first-order chi connectivity index (χ1) is 11.5. The highest BCUT2D eigenvalue weighted by Crippen LogP contribution is 2.42. The van der Waals surface area contributed by atoms with Crippen LogP contribution in [0, 0.1) is 0 Å². The van der Waals surface area contributed by atoms with Gasteiger partial charge in [-0.15, -0.1) is 0 Å². The average Bonchev–Trinajstić information content (AvgIpc) is 2.71. The van der Waals surface area contributed by atoms with E-state index in [0.29, 0.717) is 6.42 Å². The van der Waals surface area contributed by atoms with Gasteiger partial charge in [-0.3, -0.25) is 4.90 Å². The molecule has 144 valence electrons. The molecule has 2 aliphatic heterocycles. The molecule has 2 bridgehead atoms. The smallest absolute Gasteiger partial charge is 0.466 e. The molecular formula is C13H18F3NO7S. The fourth-order valence-electron chi connectivity index (χ4n) is 3.08. The lowest BCUT2D eigenvalue weighted by molar-refractivity contribution is -0.138. The average molecular weight is 389 g/mol. The summed E-state index contributed by atoms with van der Waals surface area (Å²) in [6, 6.07) is -1.15. The number of esters is 1. The molecule has 2 heterocycles. The van der Waals surface area contributed by atoms with E-state index >= 15 is 0 Å². The summed E-state index contributed by atoms with van der Waals surface area (Å²) in [5.74, 6) is -1.55. The van der Waals surface area contributed by atoms with Crippen LogP contribution in [0.1, 0.15) is 12.8 Å². The number of halogens is 3. The van der Waals surface area contributed by atoms with Crippen molar-refractivity contribution in [2.75, 3.05) is 28.1 Å². The molecule has 12 heteroatoms. The summed E-state index contributed by atoms with van der Waals surface area (Å²) < 4.78 is 79.7. The lowest BCUT2D eigenvalue weighted by Gasteiger charge is -2.34. The highest BCUT2D eigenvalue weighted by Gasteiger charge is 2.54. The maximum absolute atomic E-state index is 12.6. The van der Waals surface area contributed by atoms with Gasteiger partial charge in [-0.05, 0) is 13.5 Å². The summed E-state index contributed by atoms with van der Waals surface area (Å²) >= 11 is 0. The van der Waals surface area contributed by atoms with Gasteiger partial charge in [-0.25, -0.2) is 4.79 Å². The summed E-state index contributed by atoms with van der Waals surface area (Å²) in [6.07, 6.45) is -0.414. The van der Waals surface area contributed by atoms with Crippen LogP contribution in [0.4, 0.5) is 13.2 Å². The maximum Gasteiger partial charge on any atom is 0.534 e. The molecule has 0 aliphatic carbocycles. The molecule has 0 aromatic heterocycles. The van der Waals surface area contributed by atoms with Gasteiger partial charge >= 0.3 is 21.6 Å². The maximum atomic E-state index is 12.6. The fraction of sp³-hybridized carbons (Fsp3) is 0.769. The van der Waals surface area contributed by atoms with Crippen LogP contribution < -0.4 is 0 Å². The van der Waals surface area contributed by atoms with E-state index in [2.05, 4.69) is 8.92 Å². The van der Waals surface area contributed by atoms with E-state index in [1.165, 1.54) is 7.11 Å². The molecule has 1 saturated heterocycles. The molecular weight excluding hydrogens is 371 g/mol. The summed E-state index contributed by atoms with van der Waals surface area (Å²) in [5.41, 5.74) is -5.90. The zero-order valence-electron chi connectivity index (χ0n) is 13.7. The molecule has 0 N–H and O–H groups in total. The standard InChI is InChI=1S/C13H18F3NO7S/c1-17-7-4-8(24-25(19,20)13(14,15)16)10(12(18)22-3)11(17)9(5-7)23-6-21-2/h7,9,11H,4-6H2,1-3H3/t7-,9-,11-/m0/s1. The van der Waals surface area contributed by atoms with Crippen molar-refractivity contribution in [1.82, 2.24) is 4.90 Å². The monoisotopic (exact) mass is 389 g/mol. The third-order valence-corrected chi connectivity index (χ3v) is 5.18. The predicted octanol–water partition coefficient (Wildman–Crippen LogP) is 0.745. The number of methoxy groups -OCH3 is 2. The van der Waals surface area contributed by atoms with Gasteiger partial charge in [0.15, 0.2) is 0 Å². The van der Waals surface area contributed by atoms with E-state index in [4.69, 9.17) is 9.47 Å². The van der Waals surface area contributed by atoms with Crippen molar-refractivity contribution in [3.63, 3.8) is 0 Å². The highest BCUT2D eigenvalue weighted by atomic mass is 32.2. The number of likely N-dealkylation sites (N-methyl/N-ethyl adjacent to an activating group) is 1. The predicted molar refractivity (Wildman–Crippen MR) is 76.4 cm³/mol. The zero-order valence-corrected chi connectivity index (χ0v) is 14.5. The summed E-state index contributed by atoms with van der Waals surface area (Å²) in [7, 11) is -1.80. The lowest BCUT2D eigenvalue weighted by Crippen LogP contribution is -2.45. The van der Waals surface area contributed by atoms with Gasteiger partial charge in [0, 0.05) is 19.6 Å². The minimum Gasteiger partial charge on any atom is -0.466 e. The molecule has 8 nitrogen and oxygen atoms in total. The van der Waals surface area contributed by atoms with Crippen molar-refractivity contribution in [2.45, 2.75) is 36.5 Å². The molecule has 2 aliphatic rings. The number of rotatable bonds is 6. The zero-order chi connectivity index (χ0) is 19.0. The van der Waals surface area contributed by atoms with E-state index < -0.39 is 39.5 Å². The first-order valence-corrected chi connectivity index (χ1v) is 8.59. The van der Waals surface area contributed by atoms with Crippen molar-refractivity contribution in [2.24, 2.45) is 0 Å². The second kappa shape index (κ2) is 7.09. The van der Waals surface area contributed by atoms with Crippen LogP contribution in [0.2, 0.25) is 0 Å². The van der Waals surface area contributed by atoms with Crippen molar-refractivity contribution in [3.8, 4) is 0 Å². The second-order valence-corrected chi connectivity index (χ2v) is 7.17. The van der Waals surface area contributed by atoms with Crippen LogP contribution >= 0.6 is 0 Å². The first-order valence-electron chi connectivity index (χ1n) is 7.18. The molecule has 0 saturated carbocycles. The Hall–Kier alpha value is -1.37. The van der Waals surface area contributed by atoms with E-state index in [0.717, 1.165) is 7.11 Å². The molecule has 0 aromatic rings. The topological polar surface area (TPSA) is 91.4 Å². The van der Waals surface area contributed by atoms with Crippen LogP contribution in [0.3, 0.4) is 0 Å². The van der Waals surface area contributed by atoms with Gasteiger partial charge in [0.25, 0.3) is 0 Å². The second-order valence-electron chi connectivity index (χ2n) is 5.63. The number of alkyl halides is 3. The Morgan fingerprint density at radius 2 is 1.96 bits per heavy atom. The van der Waals surface area contributed by atoms with E-state index in [1.807, 2.05) is 0 Å². The molecule has 0 unspecified atom stereocenters. The summed E-state index contributed by atoms with van der Waals surface area (Å²) in [5, 5.41) is 0. The number of hydrogen-bond donors (Lipinski definition) is 0. The number of nitrogens with zero attached hydrogens (tertiary/aromatic N) is 1. The number of fused-ring (bicyclic) bond motifs is 2. The van der Waals surface area contributed by atoms with E-state index in [9.17, 15) is 26.4 Å². The van der Waals surface area contributed by atoms with Gasteiger partial charge in [0.1, 0.15) is 12.6 Å². The molecule has 1 fully saturated rings. The van der Waals surface area contributed by atoms with Crippen molar-refractivity contribution in [1.29, 1.82) is 0 Å². The van der Waals surface area contributed by atoms with Crippen LogP contribution in [-0.2, 0) is 33.3 Å². The van der Waals surface area contributed by atoms with Gasteiger partial charge in [0.05, 0.1) is 24.8 Å². The normalized spacial score (nSPS) is 27.5. The lowest BCUT2D eigenvalue weighted by atomic mass is 9.99. The number of ether oxygens (including phenoxy) is 3. The van der Waals surface area contributed by atoms with E-state index in [1.54, 1.807) is 11.9 Å². The summed E-state index contributed by atoms with van der Waals surface area (Å²) in [6.45, 7) is -0.0901. The molecule has 0 aromatic carbocycles. The number of hydrogen-bond acceptors (Lipinski definition) is 8. The van der Waals surface area contributed by atoms with E-state index in [-0.39, 0.29) is 24.8 Å². The fourth-order valence-corrected chi connectivity index (χ4v) is 3.59. The number of carbonyl (C=O) groups excluding carboxylic acids is 1. The Balaban J connectivity index is 2.44. The van der Waals surface area contributed by atoms with Crippen LogP contribution in [0.25, 0.3) is 0 Å². The minimum absolute atomic E-state index is 0.0901. The Morgan fingerprint density at radius 3 is 2.48 bits per heavy atom. The largest absolute Gasteiger partial charge is 0.534 e. The van der Waals surface area contributed by atoms with Gasteiger partial charge in [0.2, 0.25) is 0 Å². The Bertz CT molecular complexity index is 661. The third-order valence-electron chi connectivity index (χ3n) is 4.19. The minimum atomic E-state index is -5.89. The van der Waals surface area contributed by atoms with Crippen molar-refractivity contribution >= 4 is 16.1 Å². The molecule has 0 amide bonds. The Labute approximate surface area is 142 Å². The Kier molecular flexibility index (Phi) is 5.66. The van der Waals surface area contributed by atoms with Crippen LogP contribution in [-0.4, -0.2) is 71.0 Å². The molecule has 25 heavy (non-hydrogen) atoms. The molecule has 3 atom stereocenters. The quantitative estimate of drug-likeness (QED) is 0.284. The highest BCUT2D eigenvalue weighted by molar-refractivity contribution is 7.87. The van der Waals surface area contributed by atoms with Gasteiger partial charge < -0.3 is 18.4 Å². The van der Waals surface area contributed by atoms with Crippen LogP contribution in [0.5, 0.6) is 0 Å². The van der Waals surface area contributed by atoms with Crippen molar-refractivity contribution in [3.05, 3.63) is 11.3 Å². The summed E-state index contributed by atoms with van der Waals surface area (Å²) in [4.78, 5) is 13.8. The number of carbonyl (C=O) groups is 1. The van der Waals surface area contributed by atoms with Crippen molar-refractivity contribution < 1.29 is 44.8 Å². The molecule has 0 radical (unpaired) electrons. The van der Waals surface area contributed by atoms with Gasteiger partial charge in [-0.1, -0.05) is 0 Å². The third kappa shape index (κ3) is 3.76. The first kappa shape index (κ1) is 19.9.